The van der Waals surface area contributed by atoms with E-state index in [0.29, 0.717) is 26.6 Å². The van der Waals surface area contributed by atoms with E-state index in [1.54, 1.807) is 30.5 Å². The van der Waals surface area contributed by atoms with Crippen molar-refractivity contribution in [3.63, 3.8) is 0 Å². The van der Waals surface area contributed by atoms with Crippen molar-refractivity contribution in [2.45, 2.75) is 0 Å². The van der Waals surface area contributed by atoms with Crippen molar-refractivity contribution < 1.29 is 4.79 Å². The summed E-state index contributed by atoms with van der Waals surface area (Å²) >= 11 is 9.20. The molecule has 92 valence electrons. The number of carbonyl (C=O) groups is 1. The predicted octanol–water partition coefficient (Wildman–Crippen LogP) is 3.33. The first-order valence-electron chi connectivity index (χ1n) is 5.05. The van der Waals surface area contributed by atoms with Crippen molar-refractivity contribution in [1.29, 1.82) is 0 Å². The molecule has 1 aromatic heterocycles. The number of rotatable bonds is 2. The predicted molar refractivity (Wildman–Crippen MR) is 75.8 cm³/mol. The molecule has 1 amide bonds. The quantitative estimate of drug-likeness (QED) is 0.657. The second kappa shape index (κ2) is 5.37. The highest BCUT2D eigenvalue weighted by Crippen LogP contribution is 2.23. The summed E-state index contributed by atoms with van der Waals surface area (Å²) in [7, 11) is 0. The van der Waals surface area contributed by atoms with Gasteiger partial charge in [-0.05, 0) is 46.3 Å². The minimum absolute atomic E-state index is 0.326. The lowest BCUT2D eigenvalue weighted by molar-refractivity contribution is 0.102. The van der Waals surface area contributed by atoms with Gasteiger partial charge in [0, 0.05) is 11.9 Å². The molecular formula is C12H9BrClN3O. The molecule has 0 bridgehead atoms. The standard InChI is InChI=1S/C12H9BrClN3O/c13-11-10(2-1-5-16-11)17-12(18)8-6-7(15)3-4-9(8)14/h1-6H,15H2,(H,17,18). The summed E-state index contributed by atoms with van der Waals surface area (Å²) in [4.78, 5) is 16.0. The first kappa shape index (κ1) is 12.9. The fraction of sp³-hybridized carbons (Fsp3) is 0. The van der Waals surface area contributed by atoms with Gasteiger partial charge in [-0.3, -0.25) is 4.79 Å². The van der Waals surface area contributed by atoms with E-state index >= 15 is 0 Å². The molecule has 0 aliphatic carbocycles. The fourth-order valence-electron chi connectivity index (χ4n) is 1.39. The topological polar surface area (TPSA) is 68.0 Å². The van der Waals surface area contributed by atoms with E-state index < -0.39 is 0 Å². The van der Waals surface area contributed by atoms with Crippen LogP contribution in [-0.4, -0.2) is 10.9 Å². The van der Waals surface area contributed by atoms with Crippen LogP contribution in [0.25, 0.3) is 0 Å². The monoisotopic (exact) mass is 325 g/mol. The molecule has 0 radical (unpaired) electrons. The third kappa shape index (κ3) is 2.80. The number of nitrogens with zero attached hydrogens (tertiary/aromatic N) is 1. The molecular weight excluding hydrogens is 318 g/mol. The van der Waals surface area contributed by atoms with Crippen molar-refractivity contribution in [2.24, 2.45) is 0 Å². The van der Waals surface area contributed by atoms with Gasteiger partial charge >= 0.3 is 0 Å². The summed E-state index contributed by atoms with van der Waals surface area (Å²) in [6.07, 6.45) is 1.62. The number of nitrogens with one attached hydrogen (secondary N) is 1. The number of anilines is 2. The van der Waals surface area contributed by atoms with Crippen LogP contribution < -0.4 is 11.1 Å². The van der Waals surface area contributed by atoms with E-state index in [1.807, 2.05) is 0 Å². The van der Waals surface area contributed by atoms with Gasteiger partial charge in [0.2, 0.25) is 0 Å². The van der Waals surface area contributed by atoms with Crippen molar-refractivity contribution in [3.8, 4) is 0 Å². The highest BCUT2D eigenvalue weighted by atomic mass is 79.9. The molecule has 1 heterocycles. The zero-order valence-corrected chi connectivity index (χ0v) is 11.5. The zero-order valence-electron chi connectivity index (χ0n) is 9.15. The van der Waals surface area contributed by atoms with Crippen molar-refractivity contribution in [3.05, 3.63) is 51.7 Å². The first-order chi connectivity index (χ1) is 8.58. The fourth-order valence-corrected chi connectivity index (χ4v) is 1.94. The van der Waals surface area contributed by atoms with Crippen LogP contribution in [-0.2, 0) is 0 Å². The van der Waals surface area contributed by atoms with Crippen LogP contribution in [0.2, 0.25) is 5.02 Å². The van der Waals surface area contributed by atoms with Gasteiger partial charge in [0.1, 0.15) is 4.60 Å². The summed E-state index contributed by atoms with van der Waals surface area (Å²) < 4.78 is 0.554. The number of hydrogen-bond donors (Lipinski definition) is 2. The molecule has 0 saturated carbocycles. The second-order valence-corrected chi connectivity index (χ2v) is 4.69. The summed E-state index contributed by atoms with van der Waals surface area (Å²) in [5, 5.41) is 3.06. The number of benzene rings is 1. The molecule has 0 spiro atoms. The summed E-state index contributed by atoms with van der Waals surface area (Å²) in [5.41, 5.74) is 7.01. The lowest BCUT2D eigenvalue weighted by Crippen LogP contribution is -2.13. The lowest BCUT2D eigenvalue weighted by atomic mass is 10.2. The third-order valence-electron chi connectivity index (χ3n) is 2.24. The van der Waals surface area contributed by atoms with E-state index in [4.69, 9.17) is 17.3 Å². The maximum absolute atomic E-state index is 12.0. The van der Waals surface area contributed by atoms with E-state index in [1.165, 1.54) is 6.07 Å². The number of hydrogen-bond acceptors (Lipinski definition) is 3. The Labute approximate surface area is 117 Å². The molecule has 0 aliphatic rings. The molecule has 6 heteroatoms. The lowest BCUT2D eigenvalue weighted by Gasteiger charge is -2.08. The molecule has 1 aromatic carbocycles. The highest BCUT2D eigenvalue weighted by molar-refractivity contribution is 9.10. The van der Waals surface area contributed by atoms with E-state index in [2.05, 4.69) is 26.2 Å². The van der Waals surface area contributed by atoms with Crippen LogP contribution in [0.15, 0.2) is 41.1 Å². The smallest absolute Gasteiger partial charge is 0.257 e. The second-order valence-electron chi connectivity index (χ2n) is 3.54. The molecule has 0 aliphatic heterocycles. The average Bonchev–Trinajstić information content (AvgIpc) is 2.35. The number of halogens is 2. The zero-order chi connectivity index (χ0) is 13.1. The highest BCUT2D eigenvalue weighted by Gasteiger charge is 2.12. The Bertz CT molecular complexity index is 604. The molecule has 4 nitrogen and oxygen atoms in total. The summed E-state index contributed by atoms with van der Waals surface area (Å²) in [6, 6.07) is 8.21. The number of amides is 1. The van der Waals surface area contributed by atoms with Gasteiger partial charge in [-0.25, -0.2) is 4.98 Å². The molecule has 0 saturated heterocycles. The Hall–Kier alpha value is -1.59. The minimum atomic E-state index is -0.332. The van der Waals surface area contributed by atoms with Gasteiger partial charge in [-0.1, -0.05) is 11.6 Å². The largest absolute Gasteiger partial charge is 0.399 e. The van der Waals surface area contributed by atoms with Crippen LogP contribution in [0, 0.1) is 0 Å². The number of nitrogen functional groups attached to an aromatic ring is 1. The third-order valence-corrected chi connectivity index (χ3v) is 3.20. The number of carbonyl (C=O) groups excluding carboxylic acids is 1. The molecule has 2 aromatic rings. The van der Waals surface area contributed by atoms with Crippen molar-refractivity contribution in [1.82, 2.24) is 4.98 Å². The van der Waals surface area contributed by atoms with Crippen molar-refractivity contribution in [2.75, 3.05) is 11.1 Å². The van der Waals surface area contributed by atoms with Gasteiger partial charge in [-0.15, -0.1) is 0 Å². The minimum Gasteiger partial charge on any atom is -0.399 e. The Kier molecular flexibility index (Phi) is 3.84. The maximum atomic E-state index is 12.0. The Morgan fingerprint density at radius 3 is 2.89 bits per heavy atom. The maximum Gasteiger partial charge on any atom is 0.257 e. The van der Waals surface area contributed by atoms with Gasteiger partial charge in [-0.2, -0.15) is 0 Å². The van der Waals surface area contributed by atoms with Crippen LogP contribution in [0.4, 0.5) is 11.4 Å². The van der Waals surface area contributed by atoms with E-state index in [9.17, 15) is 4.79 Å². The van der Waals surface area contributed by atoms with Gasteiger partial charge in [0.05, 0.1) is 16.3 Å². The van der Waals surface area contributed by atoms with Crippen LogP contribution >= 0.6 is 27.5 Å². The van der Waals surface area contributed by atoms with E-state index in [0.717, 1.165) is 0 Å². The Balaban J connectivity index is 2.28. The number of pyridine rings is 1. The molecule has 3 N–H and O–H groups in total. The van der Waals surface area contributed by atoms with Crippen LogP contribution in [0.5, 0.6) is 0 Å². The van der Waals surface area contributed by atoms with Crippen LogP contribution in [0.3, 0.4) is 0 Å². The number of aromatic nitrogens is 1. The molecule has 18 heavy (non-hydrogen) atoms. The average molecular weight is 327 g/mol. The Morgan fingerprint density at radius 1 is 1.39 bits per heavy atom. The van der Waals surface area contributed by atoms with Gasteiger partial charge < -0.3 is 11.1 Å². The SMILES string of the molecule is Nc1ccc(Cl)c(C(=O)Nc2cccnc2Br)c1. The molecule has 2 rings (SSSR count). The normalized spacial score (nSPS) is 10.1. The van der Waals surface area contributed by atoms with Gasteiger partial charge in [0.25, 0.3) is 5.91 Å². The number of nitrogens with two attached hydrogens (primary N) is 1. The van der Waals surface area contributed by atoms with E-state index in [-0.39, 0.29) is 5.91 Å². The Morgan fingerprint density at radius 2 is 2.17 bits per heavy atom. The summed E-state index contributed by atoms with van der Waals surface area (Å²) in [5.74, 6) is -0.332. The van der Waals surface area contributed by atoms with Gasteiger partial charge in [0.15, 0.2) is 0 Å². The summed E-state index contributed by atoms with van der Waals surface area (Å²) in [6.45, 7) is 0. The molecule has 0 fully saturated rings. The molecule has 0 atom stereocenters. The first-order valence-corrected chi connectivity index (χ1v) is 6.22. The van der Waals surface area contributed by atoms with Crippen molar-refractivity contribution >= 4 is 44.8 Å². The molecule has 0 unspecified atom stereocenters. The van der Waals surface area contributed by atoms with Crippen LogP contribution in [0.1, 0.15) is 10.4 Å².